The van der Waals surface area contributed by atoms with Crippen molar-refractivity contribution in [2.24, 2.45) is 4.99 Å². The minimum Gasteiger partial charge on any atom is -0.379 e. The van der Waals surface area contributed by atoms with Gasteiger partial charge in [-0.25, -0.2) is 0 Å². The van der Waals surface area contributed by atoms with Crippen LogP contribution in [0.1, 0.15) is 33.5 Å². The van der Waals surface area contributed by atoms with E-state index in [1.807, 2.05) is 0 Å². The van der Waals surface area contributed by atoms with E-state index in [9.17, 15) is 0 Å². The minimum absolute atomic E-state index is 0.402. The Labute approximate surface area is 151 Å². The van der Waals surface area contributed by atoms with Crippen LogP contribution in [0.15, 0.2) is 11.3 Å². The second kappa shape index (κ2) is 10.4. The number of morpholine rings is 1. The summed E-state index contributed by atoms with van der Waals surface area (Å²) in [4.78, 5) is 7.23. The van der Waals surface area contributed by atoms with Crippen molar-refractivity contribution in [2.45, 2.75) is 52.7 Å². The Morgan fingerprint density at radius 3 is 3.00 bits per heavy atom. The molecule has 1 saturated heterocycles. The maximum Gasteiger partial charge on any atom is 0.191 e. The van der Waals surface area contributed by atoms with E-state index in [0.29, 0.717) is 12.1 Å². The highest BCUT2D eigenvalue weighted by atomic mass is 16.5. The van der Waals surface area contributed by atoms with Gasteiger partial charge in [-0.3, -0.25) is 9.89 Å². The summed E-state index contributed by atoms with van der Waals surface area (Å²) in [6.45, 7) is 14.5. The van der Waals surface area contributed by atoms with E-state index in [-0.39, 0.29) is 0 Å². The predicted molar refractivity (Wildman–Crippen MR) is 99.8 cm³/mol. The maximum absolute atomic E-state index is 5.52. The van der Waals surface area contributed by atoms with Crippen LogP contribution in [0.3, 0.4) is 0 Å². The average Bonchev–Trinajstić information content (AvgIpc) is 3.07. The number of aromatic nitrogens is 3. The van der Waals surface area contributed by atoms with Gasteiger partial charge in [0.1, 0.15) is 12.2 Å². The monoisotopic (exact) mass is 351 g/mol. The Morgan fingerprint density at radius 1 is 1.44 bits per heavy atom. The highest BCUT2D eigenvalue weighted by Gasteiger charge is 2.23. The first-order valence-electron chi connectivity index (χ1n) is 9.38. The van der Waals surface area contributed by atoms with E-state index in [4.69, 9.17) is 9.73 Å². The first kappa shape index (κ1) is 19.7. The molecule has 0 radical (unpaired) electrons. The first-order chi connectivity index (χ1) is 12.2. The van der Waals surface area contributed by atoms with Gasteiger partial charge >= 0.3 is 0 Å². The van der Waals surface area contributed by atoms with Crippen LogP contribution in [0.2, 0.25) is 0 Å². The van der Waals surface area contributed by atoms with Crippen LogP contribution < -0.4 is 10.6 Å². The van der Waals surface area contributed by atoms with E-state index in [2.05, 4.69) is 58.0 Å². The summed E-state index contributed by atoms with van der Waals surface area (Å²) >= 11 is 0. The van der Waals surface area contributed by atoms with Gasteiger partial charge in [-0.1, -0.05) is 6.92 Å². The number of hydrogen-bond acceptors (Lipinski definition) is 5. The fourth-order valence-corrected chi connectivity index (χ4v) is 3.10. The van der Waals surface area contributed by atoms with E-state index >= 15 is 0 Å². The third-order valence-corrected chi connectivity index (χ3v) is 4.50. The largest absolute Gasteiger partial charge is 0.379 e. The van der Waals surface area contributed by atoms with Crippen molar-refractivity contribution < 1.29 is 4.74 Å². The molecule has 142 valence electrons. The molecule has 2 unspecified atom stereocenters. The number of rotatable bonds is 8. The molecule has 25 heavy (non-hydrogen) atoms. The Morgan fingerprint density at radius 2 is 2.28 bits per heavy atom. The van der Waals surface area contributed by atoms with Crippen LogP contribution >= 0.6 is 0 Å². The molecule has 1 aromatic heterocycles. The normalized spacial score (nSPS) is 20.5. The summed E-state index contributed by atoms with van der Waals surface area (Å²) < 4.78 is 7.60. The number of nitrogens with zero attached hydrogens (tertiary/aromatic N) is 5. The zero-order valence-corrected chi connectivity index (χ0v) is 16.0. The zero-order valence-electron chi connectivity index (χ0n) is 16.0. The summed E-state index contributed by atoms with van der Waals surface area (Å²) in [6.07, 6.45) is 2.68. The third kappa shape index (κ3) is 5.97. The molecule has 0 saturated carbocycles. The van der Waals surface area contributed by atoms with Crippen molar-refractivity contribution in [3.8, 4) is 0 Å². The molecule has 0 aliphatic carbocycles. The summed E-state index contributed by atoms with van der Waals surface area (Å²) in [5.41, 5.74) is 0. The van der Waals surface area contributed by atoms with Crippen molar-refractivity contribution in [1.82, 2.24) is 30.3 Å². The van der Waals surface area contributed by atoms with Crippen molar-refractivity contribution in [3.05, 3.63) is 12.2 Å². The number of guanidine groups is 1. The molecule has 0 aromatic carbocycles. The number of hydrogen-bond donors (Lipinski definition) is 2. The number of nitrogens with one attached hydrogen (secondary N) is 2. The molecule has 8 nitrogen and oxygen atoms in total. The zero-order chi connectivity index (χ0) is 18.1. The van der Waals surface area contributed by atoms with Gasteiger partial charge in [-0.2, -0.15) is 0 Å². The lowest BCUT2D eigenvalue weighted by molar-refractivity contribution is -0.0165. The SMILES string of the molecule is CCNC(=NCC(C)N1CCOCC1C)NCCn1cnnc1CC. The molecule has 0 bridgehead atoms. The molecular weight excluding hydrogens is 318 g/mol. The molecule has 1 aliphatic heterocycles. The Kier molecular flexibility index (Phi) is 8.14. The lowest BCUT2D eigenvalue weighted by atomic mass is 10.2. The van der Waals surface area contributed by atoms with Gasteiger partial charge in [0.2, 0.25) is 0 Å². The predicted octanol–water partition coefficient (Wildman–Crippen LogP) is 0.505. The van der Waals surface area contributed by atoms with Crippen LogP contribution in [0.4, 0.5) is 0 Å². The van der Waals surface area contributed by atoms with Gasteiger partial charge in [0.15, 0.2) is 5.96 Å². The van der Waals surface area contributed by atoms with Crippen molar-refractivity contribution in [2.75, 3.05) is 39.4 Å². The number of aliphatic imine (C=N–C) groups is 1. The van der Waals surface area contributed by atoms with E-state index < -0.39 is 0 Å². The van der Waals surface area contributed by atoms with Gasteiger partial charge < -0.3 is 19.9 Å². The van der Waals surface area contributed by atoms with Crippen LogP contribution in [0.5, 0.6) is 0 Å². The van der Waals surface area contributed by atoms with Crippen molar-refractivity contribution in [1.29, 1.82) is 0 Å². The number of ether oxygens (including phenoxy) is 1. The van der Waals surface area contributed by atoms with Crippen LogP contribution in [-0.2, 0) is 17.7 Å². The smallest absolute Gasteiger partial charge is 0.191 e. The Hall–Kier alpha value is -1.67. The second-order valence-corrected chi connectivity index (χ2v) is 6.45. The van der Waals surface area contributed by atoms with Crippen LogP contribution in [0, 0.1) is 0 Å². The highest BCUT2D eigenvalue weighted by molar-refractivity contribution is 5.79. The summed E-state index contributed by atoms with van der Waals surface area (Å²) in [5, 5.41) is 14.8. The van der Waals surface area contributed by atoms with Gasteiger partial charge in [-0.05, 0) is 20.8 Å². The topological polar surface area (TPSA) is 79.6 Å². The molecule has 8 heteroatoms. The van der Waals surface area contributed by atoms with E-state index in [1.54, 1.807) is 6.33 Å². The molecule has 2 heterocycles. The molecule has 2 rings (SSSR count). The lowest BCUT2D eigenvalue weighted by Gasteiger charge is -2.37. The third-order valence-electron chi connectivity index (χ3n) is 4.50. The van der Waals surface area contributed by atoms with Gasteiger partial charge in [0, 0.05) is 44.7 Å². The van der Waals surface area contributed by atoms with Crippen LogP contribution in [-0.4, -0.2) is 77.1 Å². The Bertz CT molecular complexity index is 531. The highest BCUT2D eigenvalue weighted by Crippen LogP contribution is 2.10. The number of aryl methyl sites for hydroxylation is 1. The Balaban J connectivity index is 1.82. The fourth-order valence-electron chi connectivity index (χ4n) is 3.10. The van der Waals surface area contributed by atoms with Crippen molar-refractivity contribution >= 4 is 5.96 Å². The molecule has 1 fully saturated rings. The fraction of sp³-hybridized carbons (Fsp3) is 0.824. The average molecular weight is 351 g/mol. The van der Waals surface area contributed by atoms with Gasteiger partial charge in [-0.15, -0.1) is 10.2 Å². The molecule has 2 N–H and O–H groups in total. The molecule has 1 aliphatic rings. The summed E-state index contributed by atoms with van der Waals surface area (Å²) in [7, 11) is 0. The van der Waals surface area contributed by atoms with E-state index in [0.717, 1.165) is 64.1 Å². The first-order valence-corrected chi connectivity index (χ1v) is 9.38. The van der Waals surface area contributed by atoms with Gasteiger partial charge in [0.25, 0.3) is 0 Å². The second-order valence-electron chi connectivity index (χ2n) is 6.45. The minimum atomic E-state index is 0.402. The van der Waals surface area contributed by atoms with Crippen LogP contribution in [0.25, 0.3) is 0 Å². The van der Waals surface area contributed by atoms with Gasteiger partial charge in [0.05, 0.1) is 19.8 Å². The summed E-state index contributed by atoms with van der Waals surface area (Å²) in [5.74, 6) is 1.88. The molecule has 1 aromatic rings. The quantitative estimate of drug-likeness (QED) is 0.525. The molecule has 2 atom stereocenters. The van der Waals surface area contributed by atoms with E-state index in [1.165, 1.54) is 0 Å². The molecule has 0 amide bonds. The molecular formula is C17H33N7O. The molecule has 0 spiro atoms. The standard InChI is InChI=1S/C17H33N7O/c1-5-16-22-21-13-23(16)8-7-19-17(18-6-2)20-11-14(3)24-9-10-25-12-15(24)4/h13-15H,5-12H2,1-4H3,(H2,18,19,20). The lowest BCUT2D eigenvalue weighted by Crippen LogP contribution is -2.49. The maximum atomic E-state index is 5.52. The summed E-state index contributed by atoms with van der Waals surface area (Å²) in [6, 6.07) is 0.856. The van der Waals surface area contributed by atoms with Crippen molar-refractivity contribution in [3.63, 3.8) is 0 Å².